The van der Waals surface area contributed by atoms with E-state index in [1.165, 1.54) is 12.7 Å². The van der Waals surface area contributed by atoms with Crippen LogP contribution >= 0.6 is 0 Å². The van der Waals surface area contributed by atoms with Crippen LogP contribution in [0.1, 0.15) is 46.1 Å². The van der Waals surface area contributed by atoms with Crippen LogP contribution in [0, 0.1) is 0 Å². The number of rotatable bonds is 11. The van der Waals surface area contributed by atoms with E-state index in [-0.39, 0.29) is 18.5 Å². The molecule has 0 bridgehead atoms. The van der Waals surface area contributed by atoms with Gasteiger partial charge in [-0.2, -0.15) is 0 Å². The summed E-state index contributed by atoms with van der Waals surface area (Å²) in [5.74, 6) is -0.668. The van der Waals surface area contributed by atoms with Gasteiger partial charge < -0.3 is 24.7 Å². The highest BCUT2D eigenvalue weighted by molar-refractivity contribution is 6.48. The second kappa shape index (κ2) is 10.2. The van der Waals surface area contributed by atoms with E-state index in [0.29, 0.717) is 12.8 Å². The Hall–Kier alpha value is -1.90. The zero-order valence-corrected chi connectivity index (χ0v) is 18.1. The monoisotopic (exact) mass is 404 g/mol. The molecule has 1 saturated heterocycles. The summed E-state index contributed by atoms with van der Waals surface area (Å²) >= 11 is 0. The number of amides is 2. The lowest BCUT2D eigenvalue weighted by Gasteiger charge is -2.32. The van der Waals surface area contributed by atoms with Crippen molar-refractivity contribution < 1.29 is 23.6 Å². The second-order valence-corrected chi connectivity index (χ2v) is 8.41. The van der Waals surface area contributed by atoms with Gasteiger partial charge in [0.1, 0.15) is 6.04 Å². The molecule has 1 aromatic rings. The SMILES string of the molecule is COC[C@@H](NC=O)C(=O)N[C@@H](CCCc1ccccc1)B1OC(C)(C)C(C)(C)O1. The first-order chi connectivity index (χ1) is 13.7. The Balaban J connectivity index is 2.08. The smallest absolute Gasteiger partial charge is 0.402 e. The third kappa shape index (κ3) is 6.29. The van der Waals surface area contributed by atoms with Crippen LogP contribution in [0.3, 0.4) is 0 Å². The number of aryl methyl sites for hydroxylation is 1. The molecule has 8 heteroatoms. The van der Waals surface area contributed by atoms with Gasteiger partial charge in [0, 0.05) is 7.11 Å². The Morgan fingerprint density at radius 2 is 1.79 bits per heavy atom. The van der Waals surface area contributed by atoms with Crippen LogP contribution in [0.4, 0.5) is 0 Å². The Kier molecular flexibility index (Phi) is 8.25. The Labute approximate surface area is 174 Å². The summed E-state index contributed by atoms with van der Waals surface area (Å²) in [6.45, 7) is 8.02. The number of hydrogen-bond donors (Lipinski definition) is 2. The number of carbonyl (C=O) groups is 2. The lowest BCUT2D eigenvalue weighted by Crippen LogP contribution is -2.54. The molecule has 2 rings (SSSR count). The number of methoxy groups -OCH3 is 1. The molecule has 7 nitrogen and oxygen atoms in total. The molecule has 1 aliphatic rings. The summed E-state index contributed by atoms with van der Waals surface area (Å²) in [7, 11) is 0.914. The molecule has 1 heterocycles. The fourth-order valence-electron chi connectivity index (χ4n) is 3.23. The molecule has 1 aliphatic heterocycles. The van der Waals surface area contributed by atoms with E-state index in [4.69, 9.17) is 14.0 Å². The molecular formula is C21H33BN2O5. The quantitative estimate of drug-likeness (QED) is 0.435. The van der Waals surface area contributed by atoms with Crippen LogP contribution in [0.2, 0.25) is 0 Å². The minimum Gasteiger partial charge on any atom is -0.402 e. The molecule has 0 spiro atoms. The number of carbonyl (C=O) groups excluding carboxylic acids is 2. The van der Waals surface area contributed by atoms with Crippen molar-refractivity contribution in [2.45, 2.75) is 70.1 Å². The second-order valence-electron chi connectivity index (χ2n) is 8.41. The Morgan fingerprint density at radius 1 is 1.17 bits per heavy atom. The van der Waals surface area contributed by atoms with Crippen LogP contribution in [0.15, 0.2) is 30.3 Å². The molecule has 0 aliphatic carbocycles. The number of hydrogen-bond acceptors (Lipinski definition) is 5. The summed E-state index contributed by atoms with van der Waals surface area (Å²) in [6.07, 6.45) is 2.93. The fraction of sp³-hybridized carbons (Fsp3) is 0.619. The summed E-state index contributed by atoms with van der Waals surface area (Å²) in [5, 5.41) is 5.49. The summed E-state index contributed by atoms with van der Waals surface area (Å²) in [5.41, 5.74) is 0.256. The van der Waals surface area contributed by atoms with Gasteiger partial charge in [-0.25, -0.2) is 0 Å². The zero-order valence-electron chi connectivity index (χ0n) is 18.1. The van der Waals surface area contributed by atoms with Crippen molar-refractivity contribution in [1.29, 1.82) is 0 Å². The van der Waals surface area contributed by atoms with E-state index in [2.05, 4.69) is 22.8 Å². The van der Waals surface area contributed by atoms with Gasteiger partial charge in [-0.05, 0) is 52.5 Å². The molecule has 2 atom stereocenters. The van der Waals surface area contributed by atoms with Crippen molar-refractivity contribution in [1.82, 2.24) is 10.6 Å². The summed E-state index contributed by atoms with van der Waals surface area (Å²) < 4.78 is 17.4. The Bertz CT molecular complexity index is 652. The molecule has 160 valence electrons. The van der Waals surface area contributed by atoms with Crippen molar-refractivity contribution in [3.63, 3.8) is 0 Å². The predicted octanol–water partition coefficient (Wildman–Crippen LogP) is 1.89. The van der Waals surface area contributed by atoms with E-state index in [0.717, 1.165) is 12.8 Å². The van der Waals surface area contributed by atoms with Crippen molar-refractivity contribution >= 4 is 19.4 Å². The van der Waals surface area contributed by atoms with Crippen LogP contribution < -0.4 is 10.6 Å². The van der Waals surface area contributed by atoms with Crippen LogP contribution in [0.5, 0.6) is 0 Å². The van der Waals surface area contributed by atoms with Gasteiger partial charge >= 0.3 is 7.12 Å². The topological polar surface area (TPSA) is 85.9 Å². The van der Waals surface area contributed by atoms with Crippen LogP contribution in [0.25, 0.3) is 0 Å². The summed E-state index contributed by atoms with van der Waals surface area (Å²) in [6, 6.07) is 9.44. The number of ether oxygens (including phenoxy) is 1. The molecule has 2 N–H and O–H groups in total. The van der Waals surface area contributed by atoms with Crippen molar-refractivity contribution in [3.8, 4) is 0 Å². The molecule has 0 aromatic heterocycles. The first-order valence-corrected chi connectivity index (χ1v) is 10.1. The van der Waals surface area contributed by atoms with E-state index < -0.39 is 24.4 Å². The van der Waals surface area contributed by atoms with E-state index in [1.54, 1.807) is 0 Å². The van der Waals surface area contributed by atoms with Crippen LogP contribution in [-0.2, 0) is 30.1 Å². The highest BCUT2D eigenvalue weighted by atomic mass is 16.7. The van der Waals surface area contributed by atoms with Crippen molar-refractivity contribution in [2.75, 3.05) is 13.7 Å². The molecule has 0 unspecified atom stereocenters. The van der Waals surface area contributed by atoms with E-state index in [9.17, 15) is 9.59 Å². The third-order valence-corrected chi connectivity index (χ3v) is 5.67. The summed E-state index contributed by atoms with van der Waals surface area (Å²) in [4.78, 5) is 23.6. The van der Waals surface area contributed by atoms with Gasteiger partial charge in [-0.15, -0.1) is 0 Å². The molecule has 1 fully saturated rings. The first-order valence-electron chi connectivity index (χ1n) is 10.1. The van der Waals surface area contributed by atoms with Gasteiger partial charge in [-0.1, -0.05) is 30.3 Å². The molecule has 0 radical (unpaired) electrons. The zero-order chi connectivity index (χ0) is 21.5. The number of benzene rings is 1. The minimum atomic E-state index is -0.767. The van der Waals surface area contributed by atoms with Gasteiger partial charge in [0.25, 0.3) is 0 Å². The predicted molar refractivity (Wildman–Crippen MR) is 112 cm³/mol. The standard InChI is InChI=1S/C21H33BN2O5/c1-20(2)21(3,4)29-22(28-20)18(13-9-12-16-10-7-6-8-11-16)24-19(26)17(14-27-5)23-15-25/h6-8,10-11,15,17-18H,9,12-14H2,1-5H3,(H,23,25)(H,24,26)/t17-,18+/m1/s1. The molecular weight excluding hydrogens is 371 g/mol. The molecule has 2 amide bonds. The average Bonchev–Trinajstić information content (AvgIpc) is 2.89. The largest absolute Gasteiger partial charge is 0.481 e. The van der Waals surface area contributed by atoms with Crippen LogP contribution in [-0.4, -0.2) is 56.3 Å². The van der Waals surface area contributed by atoms with Crippen molar-refractivity contribution in [3.05, 3.63) is 35.9 Å². The van der Waals surface area contributed by atoms with Gasteiger partial charge in [-0.3, -0.25) is 9.59 Å². The van der Waals surface area contributed by atoms with Gasteiger partial charge in [0.2, 0.25) is 12.3 Å². The van der Waals surface area contributed by atoms with Gasteiger partial charge in [0.05, 0.1) is 23.8 Å². The lowest BCUT2D eigenvalue weighted by molar-refractivity contribution is -0.127. The first kappa shape index (κ1) is 23.4. The lowest BCUT2D eigenvalue weighted by atomic mass is 9.75. The highest BCUT2D eigenvalue weighted by Gasteiger charge is 2.54. The average molecular weight is 404 g/mol. The van der Waals surface area contributed by atoms with Crippen molar-refractivity contribution in [2.24, 2.45) is 0 Å². The molecule has 0 saturated carbocycles. The maximum atomic E-state index is 12.7. The third-order valence-electron chi connectivity index (χ3n) is 5.67. The number of nitrogens with one attached hydrogen (secondary N) is 2. The maximum absolute atomic E-state index is 12.7. The van der Waals surface area contributed by atoms with E-state index in [1.807, 2.05) is 45.9 Å². The fourth-order valence-corrected chi connectivity index (χ4v) is 3.23. The van der Waals surface area contributed by atoms with E-state index >= 15 is 0 Å². The normalized spacial score (nSPS) is 19.4. The minimum absolute atomic E-state index is 0.0880. The maximum Gasteiger partial charge on any atom is 0.481 e. The Morgan fingerprint density at radius 3 is 2.34 bits per heavy atom. The highest BCUT2D eigenvalue weighted by Crippen LogP contribution is 2.38. The molecule has 29 heavy (non-hydrogen) atoms. The molecule has 1 aromatic carbocycles. The van der Waals surface area contributed by atoms with Gasteiger partial charge in [0.15, 0.2) is 0 Å².